The third kappa shape index (κ3) is 3.87. The van der Waals surface area contributed by atoms with Gasteiger partial charge >= 0.3 is 0 Å². The molecule has 0 fully saturated rings. The molecule has 1 rings (SSSR count). The van der Waals surface area contributed by atoms with Crippen LogP contribution in [-0.2, 0) is 6.54 Å². The molecule has 0 aliphatic carbocycles. The van der Waals surface area contributed by atoms with Crippen LogP contribution in [0.1, 0.15) is 32.2 Å². The maximum absolute atomic E-state index is 10.0. The molecule has 0 aliphatic rings. The van der Waals surface area contributed by atoms with E-state index in [2.05, 4.69) is 15.3 Å². The molecular weight excluding hydrogens is 202 g/mol. The number of aliphatic hydroxyl groups is 1. The second-order valence-electron chi connectivity index (χ2n) is 4.76. The Hall–Kier alpha value is -1.00. The largest absolute Gasteiger partial charge is 0.389 e. The quantitative estimate of drug-likeness (QED) is 0.789. The molecule has 0 radical (unpaired) electrons. The van der Waals surface area contributed by atoms with E-state index < -0.39 is 5.60 Å². The molecule has 0 saturated heterocycles. The predicted molar refractivity (Wildman–Crippen MR) is 63.9 cm³/mol. The molecule has 0 spiro atoms. The van der Waals surface area contributed by atoms with Crippen LogP contribution < -0.4 is 5.32 Å². The van der Waals surface area contributed by atoms with Gasteiger partial charge in [-0.25, -0.2) is 0 Å². The van der Waals surface area contributed by atoms with Gasteiger partial charge < -0.3 is 10.4 Å². The number of hydrogen-bond donors (Lipinski definition) is 2. The molecular formula is C12H21N3O. The van der Waals surface area contributed by atoms with Crippen molar-refractivity contribution in [1.82, 2.24) is 15.3 Å². The van der Waals surface area contributed by atoms with Crippen LogP contribution in [0.5, 0.6) is 0 Å². The van der Waals surface area contributed by atoms with Crippen LogP contribution >= 0.6 is 0 Å². The van der Waals surface area contributed by atoms with Crippen molar-refractivity contribution in [1.29, 1.82) is 0 Å². The number of hydrogen-bond acceptors (Lipinski definition) is 4. The molecule has 0 aromatic carbocycles. The van der Waals surface area contributed by atoms with Gasteiger partial charge in [-0.1, -0.05) is 13.8 Å². The summed E-state index contributed by atoms with van der Waals surface area (Å²) in [6.07, 6.45) is 3.50. The fraction of sp³-hybridized carbons (Fsp3) is 0.667. The third-order valence-electron chi connectivity index (χ3n) is 2.87. The Balaban J connectivity index is 2.39. The first-order valence-corrected chi connectivity index (χ1v) is 5.62. The summed E-state index contributed by atoms with van der Waals surface area (Å²) in [4.78, 5) is 8.40. The number of nitrogens with one attached hydrogen (secondary N) is 1. The Bertz CT molecular complexity index is 320. The maximum atomic E-state index is 10.0. The summed E-state index contributed by atoms with van der Waals surface area (Å²) in [5.41, 5.74) is 1.13. The summed E-state index contributed by atoms with van der Waals surface area (Å²) in [5.74, 6) is 0.226. The van der Waals surface area contributed by atoms with Crippen LogP contribution in [-0.4, -0.2) is 27.2 Å². The van der Waals surface area contributed by atoms with Gasteiger partial charge in [0.1, 0.15) is 0 Å². The highest BCUT2D eigenvalue weighted by atomic mass is 16.3. The van der Waals surface area contributed by atoms with E-state index in [1.165, 1.54) is 0 Å². The Labute approximate surface area is 97.1 Å². The van der Waals surface area contributed by atoms with Gasteiger partial charge in [-0.05, 0) is 19.8 Å². The molecule has 0 bridgehead atoms. The second-order valence-corrected chi connectivity index (χ2v) is 4.76. The second kappa shape index (κ2) is 5.37. The van der Waals surface area contributed by atoms with Crippen molar-refractivity contribution in [3.05, 3.63) is 23.8 Å². The average molecular weight is 223 g/mol. The Kier molecular flexibility index (Phi) is 4.38. The fourth-order valence-corrected chi connectivity index (χ4v) is 1.16. The van der Waals surface area contributed by atoms with E-state index in [0.29, 0.717) is 13.1 Å². The van der Waals surface area contributed by atoms with E-state index in [1.54, 1.807) is 12.4 Å². The molecule has 2 N–H and O–H groups in total. The Morgan fingerprint density at radius 1 is 1.38 bits per heavy atom. The van der Waals surface area contributed by atoms with Gasteiger partial charge in [-0.2, -0.15) is 0 Å². The Morgan fingerprint density at radius 2 is 2.06 bits per heavy atom. The summed E-state index contributed by atoms with van der Waals surface area (Å²) >= 11 is 0. The van der Waals surface area contributed by atoms with Crippen LogP contribution in [0.15, 0.2) is 12.4 Å². The van der Waals surface area contributed by atoms with Crippen LogP contribution in [0.25, 0.3) is 0 Å². The predicted octanol–water partition coefficient (Wildman–Crippen LogP) is 1.28. The molecule has 0 saturated carbocycles. The number of rotatable bonds is 5. The lowest BCUT2D eigenvalue weighted by Gasteiger charge is -2.27. The van der Waals surface area contributed by atoms with Crippen molar-refractivity contribution in [2.24, 2.45) is 5.92 Å². The molecule has 4 nitrogen and oxygen atoms in total. The van der Waals surface area contributed by atoms with Crippen molar-refractivity contribution in [2.75, 3.05) is 6.54 Å². The maximum Gasteiger partial charge on any atom is 0.0766 e. The molecule has 1 aromatic rings. The highest BCUT2D eigenvalue weighted by Crippen LogP contribution is 2.14. The first-order valence-electron chi connectivity index (χ1n) is 5.62. The molecule has 1 atom stereocenters. The minimum atomic E-state index is -0.682. The summed E-state index contributed by atoms with van der Waals surface area (Å²) in [6.45, 7) is 8.95. The van der Waals surface area contributed by atoms with Gasteiger partial charge in [0.05, 0.1) is 17.0 Å². The summed E-state index contributed by atoms with van der Waals surface area (Å²) in [6, 6.07) is 0. The normalized spacial score (nSPS) is 15.1. The average Bonchev–Trinajstić information content (AvgIpc) is 2.20. The first-order chi connectivity index (χ1) is 7.42. The fourth-order valence-electron chi connectivity index (χ4n) is 1.16. The summed E-state index contributed by atoms with van der Waals surface area (Å²) in [5, 5.41) is 13.2. The number of nitrogens with zero attached hydrogens (tertiary/aromatic N) is 2. The van der Waals surface area contributed by atoms with Crippen LogP contribution in [0.3, 0.4) is 0 Å². The molecule has 90 valence electrons. The van der Waals surface area contributed by atoms with E-state index in [9.17, 15) is 5.11 Å². The van der Waals surface area contributed by atoms with Gasteiger partial charge in [-0.3, -0.25) is 9.97 Å². The van der Waals surface area contributed by atoms with Crippen molar-refractivity contribution in [2.45, 2.75) is 39.8 Å². The first kappa shape index (κ1) is 13.1. The van der Waals surface area contributed by atoms with Gasteiger partial charge in [-0.15, -0.1) is 0 Å². The topological polar surface area (TPSA) is 58.0 Å². The van der Waals surface area contributed by atoms with Crippen molar-refractivity contribution in [3.8, 4) is 0 Å². The lowest BCUT2D eigenvalue weighted by atomic mass is 9.92. The summed E-state index contributed by atoms with van der Waals surface area (Å²) in [7, 11) is 0. The van der Waals surface area contributed by atoms with Crippen molar-refractivity contribution in [3.63, 3.8) is 0 Å². The lowest BCUT2D eigenvalue weighted by Crippen LogP contribution is -2.42. The van der Waals surface area contributed by atoms with Gasteiger partial charge in [0.25, 0.3) is 0 Å². The van der Waals surface area contributed by atoms with Crippen LogP contribution in [0.2, 0.25) is 0 Å². The molecule has 16 heavy (non-hydrogen) atoms. The standard InChI is InChI=1S/C12H21N3O/c1-9(2)12(4,16)8-13-6-11-7-14-10(3)5-15-11/h5,7,9,13,16H,6,8H2,1-4H3. The Morgan fingerprint density at radius 3 is 2.56 bits per heavy atom. The van der Waals surface area contributed by atoms with Crippen molar-refractivity contribution >= 4 is 0 Å². The zero-order valence-corrected chi connectivity index (χ0v) is 10.5. The number of aromatic nitrogens is 2. The molecule has 1 heterocycles. The van der Waals surface area contributed by atoms with E-state index in [4.69, 9.17) is 0 Å². The molecule has 4 heteroatoms. The van der Waals surface area contributed by atoms with E-state index in [0.717, 1.165) is 11.4 Å². The van der Waals surface area contributed by atoms with Gasteiger partial charge in [0.15, 0.2) is 0 Å². The third-order valence-corrected chi connectivity index (χ3v) is 2.87. The zero-order chi connectivity index (χ0) is 12.2. The number of aryl methyl sites for hydroxylation is 1. The van der Waals surface area contributed by atoms with Crippen molar-refractivity contribution < 1.29 is 5.11 Å². The minimum Gasteiger partial charge on any atom is -0.389 e. The molecule has 0 amide bonds. The zero-order valence-electron chi connectivity index (χ0n) is 10.5. The SMILES string of the molecule is Cc1cnc(CNCC(C)(O)C(C)C)cn1. The van der Waals surface area contributed by atoms with E-state index >= 15 is 0 Å². The molecule has 1 aromatic heterocycles. The highest BCUT2D eigenvalue weighted by Gasteiger charge is 2.23. The lowest BCUT2D eigenvalue weighted by molar-refractivity contribution is 0.0139. The van der Waals surface area contributed by atoms with Crippen LogP contribution in [0, 0.1) is 12.8 Å². The van der Waals surface area contributed by atoms with Gasteiger partial charge in [0, 0.05) is 25.5 Å². The minimum absolute atomic E-state index is 0.226. The van der Waals surface area contributed by atoms with E-state index in [-0.39, 0.29) is 5.92 Å². The highest BCUT2D eigenvalue weighted by molar-refractivity contribution is 5.00. The summed E-state index contributed by atoms with van der Waals surface area (Å²) < 4.78 is 0. The van der Waals surface area contributed by atoms with Crippen LogP contribution in [0.4, 0.5) is 0 Å². The monoisotopic (exact) mass is 223 g/mol. The van der Waals surface area contributed by atoms with Gasteiger partial charge in [0.2, 0.25) is 0 Å². The smallest absolute Gasteiger partial charge is 0.0766 e. The molecule has 0 aliphatic heterocycles. The van der Waals surface area contributed by atoms with E-state index in [1.807, 2.05) is 27.7 Å². The molecule has 1 unspecified atom stereocenters.